The molecule has 0 saturated carbocycles. The number of hydrogen-bond donors (Lipinski definition) is 2. The molecule has 5 nitrogen and oxygen atoms in total. The van der Waals surface area contributed by atoms with Crippen molar-refractivity contribution in [1.82, 2.24) is 0 Å². The van der Waals surface area contributed by atoms with Gasteiger partial charge in [-0.15, -0.1) is 0 Å². The van der Waals surface area contributed by atoms with E-state index in [0.717, 1.165) is 18.5 Å². The van der Waals surface area contributed by atoms with E-state index in [1.807, 2.05) is 6.07 Å². The fourth-order valence-electron chi connectivity index (χ4n) is 1.81. The SMILES string of the molecule is COCC(CCCN)Nc1cccc(S(C)(=O)=O)c1. The van der Waals surface area contributed by atoms with Gasteiger partial charge >= 0.3 is 0 Å². The molecule has 0 radical (unpaired) electrons. The predicted molar refractivity (Wildman–Crippen MR) is 77.1 cm³/mol. The van der Waals surface area contributed by atoms with Crippen LogP contribution in [0, 0.1) is 0 Å². The molecule has 0 fully saturated rings. The van der Waals surface area contributed by atoms with Gasteiger partial charge in [-0.05, 0) is 37.6 Å². The van der Waals surface area contributed by atoms with Crippen molar-refractivity contribution in [2.75, 3.05) is 31.8 Å². The largest absolute Gasteiger partial charge is 0.383 e. The lowest BCUT2D eigenvalue weighted by molar-refractivity contribution is 0.182. The van der Waals surface area contributed by atoms with E-state index in [1.54, 1.807) is 25.3 Å². The molecular weight excluding hydrogens is 264 g/mol. The van der Waals surface area contributed by atoms with Crippen molar-refractivity contribution in [3.63, 3.8) is 0 Å². The van der Waals surface area contributed by atoms with E-state index in [2.05, 4.69) is 5.32 Å². The lowest BCUT2D eigenvalue weighted by Gasteiger charge is -2.19. The van der Waals surface area contributed by atoms with Crippen LogP contribution in [0.5, 0.6) is 0 Å². The average Bonchev–Trinajstić information content (AvgIpc) is 2.35. The Balaban J connectivity index is 2.78. The van der Waals surface area contributed by atoms with Gasteiger partial charge in [-0.1, -0.05) is 6.07 Å². The molecule has 0 aliphatic heterocycles. The minimum absolute atomic E-state index is 0.128. The van der Waals surface area contributed by atoms with E-state index in [1.165, 1.54) is 6.26 Å². The van der Waals surface area contributed by atoms with Gasteiger partial charge in [0.1, 0.15) is 0 Å². The van der Waals surface area contributed by atoms with Crippen molar-refractivity contribution < 1.29 is 13.2 Å². The van der Waals surface area contributed by atoms with E-state index in [-0.39, 0.29) is 6.04 Å². The summed E-state index contributed by atoms with van der Waals surface area (Å²) in [6, 6.07) is 6.93. The summed E-state index contributed by atoms with van der Waals surface area (Å²) >= 11 is 0. The first-order chi connectivity index (χ1) is 8.97. The van der Waals surface area contributed by atoms with Gasteiger partial charge < -0.3 is 15.8 Å². The molecule has 0 amide bonds. The number of anilines is 1. The van der Waals surface area contributed by atoms with E-state index in [0.29, 0.717) is 18.0 Å². The van der Waals surface area contributed by atoms with Crippen molar-refractivity contribution in [3.05, 3.63) is 24.3 Å². The highest BCUT2D eigenvalue weighted by atomic mass is 32.2. The third kappa shape index (κ3) is 5.59. The van der Waals surface area contributed by atoms with Crippen molar-refractivity contribution >= 4 is 15.5 Å². The van der Waals surface area contributed by atoms with Gasteiger partial charge in [0.2, 0.25) is 0 Å². The van der Waals surface area contributed by atoms with Gasteiger partial charge in [0.05, 0.1) is 11.5 Å². The monoisotopic (exact) mass is 286 g/mol. The Bertz CT molecular complexity index is 488. The Morgan fingerprint density at radius 1 is 1.42 bits per heavy atom. The second-order valence-corrected chi connectivity index (χ2v) is 6.54. The molecule has 0 aliphatic rings. The number of benzene rings is 1. The highest BCUT2D eigenvalue weighted by Crippen LogP contribution is 2.17. The highest BCUT2D eigenvalue weighted by molar-refractivity contribution is 7.90. The van der Waals surface area contributed by atoms with Crippen LogP contribution in [0.15, 0.2) is 29.2 Å². The molecule has 0 bridgehead atoms. The Labute approximate surface area is 115 Å². The first kappa shape index (κ1) is 15.9. The predicted octanol–water partition coefficient (Wildman–Crippen LogP) is 1.26. The third-order valence-corrected chi connectivity index (χ3v) is 3.87. The van der Waals surface area contributed by atoms with Gasteiger partial charge in [-0.3, -0.25) is 0 Å². The summed E-state index contributed by atoms with van der Waals surface area (Å²) in [5.41, 5.74) is 6.28. The molecule has 1 rings (SSSR count). The molecule has 0 aliphatic carbocycles. The summed E-state index contributed by atoms with van der Waals surface area (Å²) in [5, 5.41) is 3.28. The van der Waals surface area contributed by atoms with Gasteiger partial charge in [0.25, 0.3) is 0 Å². The summed E-state index contributed by atoms with van der Waals surface area (Å²) in [4.78, 5) is 0.312. The number of sulfone groups is 1. The number of nitrogens with two attached hydrogens (primary N) is 1. The van der Waals surface area contributed by atoms with Gasteiger partial charge in [-0.2, -0.15) is 0 Å². The van der Waals surface area contributed by atoms with Gasteiger partial charge in [0.15, 0.2) is 9.84 Å². The van der Waals surface area contributed by atoms with Crippen molar-refractivity contribution in [2.45, 2.75) is 23.8 Å². The summed E-state index contributed by atoms with van der Waals surface area (Å²) in [6.07, 6.45) is 2.98. The van der Waals surface area contributed by atoms with Crippen LogP contribution in [-0.4, -0.2) is 41.0 Å². The lowest BCUT2D eigenvalue weighted by Crippen LogP contribution is -2.25. The summed E-state index contributed by atoms with van der Waals surface area (Å²) in [7, 11) is -1.54. The number of nitrogens with one attached hydrogen (secondary N) is 1. The Kier molecular flexibility index (Phi) is 6.27. The minimum Gasteiger partial charge on any atom is -0.383 e. The maximum atomic E-state index is 11.5. The molecular formula is C13H22N2O3S. The lowest BCUT2D eigenvalue weighted by atomic mass is 10.1. The summed E-state index contributed by atoms with van der Waals surface area (Å²) in [6.45, 7) is 1.19. The number of ether oxygens (including phenoxy) is 1. The second-order valence-electron chi connectivity index (χ2n) is 4.53. The topological polar surface area (TPSA) is 81.4 Å². The standard InChI is InChI=1S/C13H22N2O3S/c1-18-10-12(6-4-8-14)15-11-5-3-7-13(9-11)19(2,16)17/h3,5,7,9,12,15H,4,6,8,10,14H2,1-2H3. The van der Waals surface area contributed by atoms with Crippen LogP contribution in [0.1, 0.15) is 12.8 Å². The smallest absolute Gasteiger partial charge is 0.175 e. The molecule has 0 saturated heterocycles. The number of rotatable bonds is 8. The molecule has 0 aromatic heterocycles. The zero-order valence-corrected chi connectivity index (χ0v) is 12.2. The second kappa shape index (κ2) is 7.47. The summed E-state index contributed by atoms with van der Waals surface area (Å²) < 4.78 is 28.1. The van der Waals surface area contributed by atoms with Crippen LogP contribution in [0.4, 0.5) is 5.69 Å². The van der Waals surface area contributed by atoms with E-state index >= 15 is 0 Å². The van der Waals surface area contributed by atoms with Crippen LogP contribution in [0.25, 0.3) is 0 Å². The third-order valence-electron chi connectivity index (χ3n) is 2.76. The molecule has 6 heteroatoms. The van der Waals surface area contributed by atoms with E-state index in [4.69, 9.17) is 10.5 Å². The Hall–Kier alpha value is -1.11. The first-order valence-corrected chi connectivity index (χ1v) is 8.12. The van der Waals surface area contributed by atoms with E-state index < -0.39 is 9.84 Å². The first-order valence-electron chi connectivity index (χ1n) is 6.23. The quantitative estimate of drug-likeness (QED) is 0.752. The molecule has 0 heterocycles. The van der Waals surface area contributed by atoms with Crippen molar-refractivity contribution in [3.8, 4) is 0 Å². The van der Waals surface area contributed by atoms with Gasteiger partial charge in [-0.25, -0.2) is 8.42 Å². The van der Waals surface area contributed by atoms with Crippen LogP contribution in [0.3, 0.4) is 0 Å². The Morgan fingerprint density at radius 3 is 2.74 bits per heavy atom. The molecule has 108 valence electrons. The van der Waals surface area contributed by atoms with Crippen LogP contribution in [0.2, 0.25) is 0 Å². The fourth-order valence-corrected chi connectivity index (χ4v) is 2.48. The molecule has 1 aromatic rings. The minimum atomic E-state index is -3.18. The number of methoxy groups -OCH3 is 1. The van der Waals surface area contributed by atoms with Crippen LogP contribution in [-0.2, 0) is 14.6 Å². The zero-order valence-electron chi connectivity index (χ0n) is 11.4. The molecule has 19 heavy (non-hydrogen) atoms. The molecule has 1 unspecified atom stereocenters. The maximum Gasteiger partial charge on any atom is 0.175 e. The maximum absolute atomic E-state index is 11.5. The van der Waals surface area contributed by atoms with Crippen molar-refractivity contribution in [2.24, 2.45) is 5.73 Å². The van der Waals surface area contributed by atoms with Gasteiger partial charge in [0, 0.05) is 25.1 Å². The van der Waals surface area contributed by atoms with Crippen LogP contribution >= 0.6 is 0 Å². The molecule has 0 spiro atoms. The fraction of sp³-hybridized carbons (Fsp3) is 0.538. The highest BCUT2D eigenvalue weighted by Gasteiger charge is 2.11. The molecule has 1 atom stereocenters. The number of hydrogen-bond acceptors (Lipinski definition) is 5. The normalized spacial score (nSPS) is 13.2. The molecule has 1 aromatic carbocycles. The van der Waals surface area contributed by atoms with Crippen molar-refractivity contribution in [1.29, 1.82) is 0 Å². The zero-order chi connectivity index (χ0) is 14.3. The summed E-state index contributed by atoms with van der Waals surface area (Å²) in [5.74, 6) is 0. The molecule has 3 N–H and O–H groups in total. The van der Waals surface area contributed by atoms with E-state index in [9.17, 15) is 8.42 Å². The average molecular weight is 286 g/mol. The Morgan fingerprint density at radius 2 is 2.16 bits per heavy atom. The van der Waals surface area contributed by atoms with Crippen LogP contribution < -0.4 is 11.1 Å².